The van der Waals surface area contributed by atoms with Gasteiger partial charge in [0.05, 0.1) is 7.11 Å². The Hall–Kier alpha value is -2.53. The highest BCUT2D eigenvalue weighted by molar-refractivity contribution is 5.73. The zero-order valence-electron chi connectivity index (χ0n) is 16.5. The van der Waals surface area contributed by atoms with Gasteiger partial charge >= 0.3 is 5.97 Å². The van der Waals surface area contributed by atoms with Gasteiger partial charge in [0.2, 0.25) is 0 Å². The molecule has 146 valence electrons. The average Bonchev–Trinajstić information content (AvgIpc) is 2.64. The molecule has 0 aliphatic carbocycles. The third kappa shape index (κ3) is 6.29. The quantitative estimate of drug-likeness (QED) is 0.656. The molecule has 0 saturated carbocycles. The standard InChI is InChI=1S/C22H29NO4/c1-15(2)11-19(22(24)25)23-13-17-9-10-20(21(12-17)26-4)27-14-18-8-6-5-7-16(18)3/h5-10,12,15,19,23H,11,13-14H2,1-4H3,(H,24,25). The van der Waals surface area contributed by atoms with Crippen LogP contribution in [0.25, 0.3) is 0 Å². The molecule has 0 spiro atoms. The molecule has 0 aliphatic heterocycles. The molecule has 2 rings (SSSR count). The number of hydrogen-bond acceptors (Lipinski definition) is 4. The van der Waals surface area contributed by atoms with Crippen molar-refractivity contribution in [1.29, 1.82) is 0 Å². The summed E-state index contributed by atoms with van der Waals surface area (Å²) in [6.07, 6.45) is 0.587. The van der Waals surface area contributed by atoms with E-state index >= 15 is 0 Å². The van der Waals surface area contributed by atoms with Crippen molar-refractivity contribution in [2.24, 2.45) is 5.92 Å². The van der Waals surface area contributed by atoms with Crippen LogP contribution in [0.3, 0.4) is 0 Å². The summed E-state index contributed by atoms with van der Waals surface area (Å²) in [6.45, 7) is 7.01. The van der Waals surface area contributed by atoms with Gasteiger partial charge in [-0.05, 0) is 48.1 Å². The number of carbonyl (C=O) groups is 1. The minimum Gasteiger partial charge on any atom is -0.493 e. The lowest BCUT2D eigenvalue weighted by atomic mass is 10.0. The van der Waals surface area contributed by atoms with Gasteiger partial charge in [0.1, 0.15) is 12.6 Å². The Morgan fingerprint density at radius 2 is 1.89 bits per heavy atom. The number of benzene rings is 2. The van der Waals surface area contributed by atoms with Crippen LogP contribution in [-0.2, 0) is 17.9 Å². The van der Waals surface area contributed by atoms with Crippen LogP contribution in [0.15, 0.2) is 42.5 Å². The summed E-state index contributed by atoms with van der Waals surface area (Å²) in [5.41, 5.74) is 3.26. The third-order valence-corrected chi connectivity index (χ3v) is 4.43. The second-order valence-electron chi connectivity index (χ2n) is 7.10. The monoisotopic (exact) mass is 371 g/mol. The Balaban J connectivity index is 2.02. The molecule has 0 heterocycles. The van der Waals surface area contributed by atoms with Gasteiger partial charge in [0, 0.05) is 6.54 Å². The van der Waals surface area contributed by atoms with E-state index in [4.69, 9.17) is 9.47 Å². The van der Waals surface area contributed by atoms with Crippen molar-refractivity contribution in [2.75, 3.05) is 7.11 Å². The van der Waals surface area contributed by atoms with E-state index in [-0.39, 0.29) is 0 Å². The maximum absolute atomic E-state index is 11.4. The highest BCUT2D eigenvalue weighted by Gasteiger charge is 2.18. The van der Waals surface area contributed by atoms with Crippen LogP contribution in [-0.4, -0.2) is 24.2 Å². The van der Waals surface area contributed by atoms with Crippen LogP contribution in [0.5, 0.6) is 11.5 Å². The van der Waals surface area contributed by atoms with Crippen LogP contribution in [0.2, 0.25) is 0 Å². The maximum atomic E-state index is 11.4. The van der Waals surface area contributed by atoms with Gasteiger partial charge < -0.3 is 19.9 Å². The summed E-state index contributed by atoms with van der Waals surface area (Å²) >= 11 is 0. The van der Waals surface area contributed by atoms with E-state index < -0.39 is 12.0 Å². The fourth-order valence-corrected chi connectivity index (χ4v) is 2.85. The summed E-state index contributed by atoms with van der Waals surface area (Å²) < 4.78 is 11.4. The fourth-order valence-electron chi connectivity index (χ4n) is 2.85. The van der Waals surface area contributed by atoms with Crippen molar-refractivity contribution in [1.82, 2.24) is 5.32 Å². The predicted molar refractivity (Wildman–Crippen MR) is 106 cm³/mol. The second-order valence-corrected chi connectivity index (χ2v) is 7.10. The SMILES string of the molecule is COc1cc(CNC(CC(C)C)C(=O)O)ccc1OCc1ccccc1C. The molecule has 27 heavy (non-hydrogen) atoms. The lowest BCUT2D eigenvalue weighted by molar-refractivity contribution is -0.140. The van der Waals surface area contributed by atoms with Crippen molar-refractivity contribution >= 4 is 5.97 Å². The van der Waals surface area contributed by atoms with E-state index in [1.807, 2.05) is 50.2 Å². The average molecular weight is 371 g/mol. The van der Waals surface area contributed by atoms with E-state index in [9.17, 15) is 9.90 Å². The van der Waals surface area contributed by atoms with Gasteiger partial charge in [0.15, 0.2) is 11.5 Å². The number of rotatable bonds is 10. The largest absolute Gasteiger partial charge is 0.493 e. The third-order valence-electron chi connectivity index (χ3n) is 4.43. The van der Waals surface area contributed by atoms with Crippen molar-refractivity contribution in [2.45, 2.75) is 46.4 Å². The number of ether oxygens (including phenoxy) is 2. The molecule has 0 radical (unpaired) electrons. The molecule has 1 unspecified atom stereocenters. The van der Waals surface area contributed by atoms with Crippen LogP contribution < -0.4 is 14.8 Å². The second kappa shape index (κ2) is 9.97. The molecular formula is C22H29NO4. The molecule has 1 atom stereocenters. The van der Waals surface area contributed by atoms with Crippen molar-refractivity contribution in [3.63, 3.8) is 0 Å². The molecule has 5 heteroatoms. The minimum atomic E-state index is -0.825. The molecule has 0 bridgehead atoms. The number of hydrogen-bond donors (Lipinski definition) is 2. The molecule has 0 aromatic heterocycles. The molecule has 0 amide bonds. The van der Waals surface area contributed by atoms with Gasteiger partial charge in [-0.3, -0.25) is 4.79 Å². The van der Waals surface area contributed by atoms with E-state index in [1.54, 1.807) is 7.11 Å². The number of aryl methyl sites for hydroxylation is 1. The van der Waals surface area contributed by atoms with E-state index in [0.29, 0.717) is 37.0 Å². The first kappa shape index (κ1) is 20.8. The van der Waals surface area contributed by atoms with E-state index in [0.717, 1.165) is 11.1 Å². The van der Waals surface area contributed by atoms with Gasteiger partial charge in [-0.25, -0.2) is 0 Å². The van der Waals surface area contributed by atoms with Crippen LogP contribution in [0, 0.1) is 12.8 Å². The highest BCUT2D eigenvalue weighted by atomic mass is 16.5. The predicted octanol–water partition coefficient (Wildman–Crippen LogP) is 4.17. The first-order valence-electron chi connectivity index (χ1n) is 9.21. The van der Waals surface area contributed by atoms with Gasteiger partial charge in [-0.2, -0.15) is 0 Å². The normalized spacial score (nSPS) is 12.0. The Morgan fingerprint density at radius 1 is 1.15 bits per heavy atom. The molecule has 0 saturated heterocycles. The minimum absolute atomic E-state index is 0.311. The Bertz CT molecular complexity index is 758. The first-order chi connectivity index (χ1) is 12.9. The zero-order valence-corrected chi connectivity index (χ0v) is 16.5. The van der Waals surface area contributed by atoms with Crippen LogP contribution >= 0.6 is 0 Å². The number of nitrogens with one attached hydrogen (secondary N) is 1. The van der Waals surface area contributed by atoms with Gasteiger partial charge in [-0.15, -0.1) is 0 Å². The first-order valence-corrected chi connectivity index (χ1v) is 9.21. The number of methoxy groups -OCH3 is 1. The summed E-state index contributed by atoms with van der Waals surface area (Å²) in [5, 5.41) is 12.4. The van der Waals surface area contributed by atoms with E-state index in [1.165, 1.54) is 5.56 Å². The number of carboxylic acids is 1. The summed E-state index contributed by atoms with van der Waals surface area (Å²) in [4.78, 5) is 11.4. The van der Waals surface area contributed by atoms with Crippen molar-refractivity contribution in [3.8, 4) is 11.5 Å². The van der Waals surface area contributed by atoms with E-state index in [2.05, 4.69) is 18.3 Å². The Morgan fingerprint density at radius 3 is 2.52 bits per heavy atom. The topological polar surface area (TPSA) is 67.8 Å². The number of aliphatic carboxylic acids is 1. The lowest BCUT2D eigenvalue weighted by Gasteiger charge is -2.17. The van der Waals surface area contributed by atoms with Gasteiger partial charge in [0.25, 0.3) is 0 Å². The van der Waals surface area contributed by atoms with Gasteiger partial charge in [-0.1, -0.05) is 44.2 Å². The maximum Gasteiger partial charge on any atom is 0.320 e. The summed E-state index contributed by atoms with van der Waals surface area (Å²) in [5.74, 6) is 0.791. The molecule has 2 N–H and O–H groups in total. The number of carboxylic acid groups (broad SMARTS) is 1. The smallest absolute Gasteiger partial charge is 0.320 e. The Labute approximate surface area is 161 Å². The van der Waals surface area contributed by atoms with Crippen molar-refractivity contribution in [3.05, 3.63) is 59.2 Å². The van der Waals surface area contributed by atoms with Crippen molar-refractivity contribution < 1.29 is 19.4 Å². The molecule has 2 aromatic carbocycles. The van der Waals surface area contributed by atoms with Crippen LogP contribution in [0.1, 0.15) is 37.0 Å². The summed E-state index contributed by atoms with van der Waals surface area (Å²) in [6, 6.07) is 13.2. The molecule has 0 aliphatic rings. The molecular weight excluding hydrogens is 342 g/mol. The molecule has 2 aromatic rings. The zero-order chi connectivity index (χ0) is 19.8. The fraction of sp³-hybridized carbons (Fsp3) is 0.409. The summed E-state index contributed by atoms with van der Waals surface area (Å²) in [7, 11) is 1.60. The van der Waals surface area contributed by atoms with Crippen LogP contribution in [0.4, 0.5) is 0 Å². The Kier molecular flexibility index (Phi) is 7.67. The molecule has 5 nitrogen and oxygen atoms in total. The molecule has 0 fully saturated rings. The lowest BCUT2D eigenvalue weighted by Crippen LogP contribution is -2.37. The highest BCUT2D eigenvalue weighted by Crippen LogP contribution is 2.29.